The van der Waals surface area contributed by atoms with Crippen molar-refractivity contribution < 1.29 is 14.3 Å². The molecule has 0 saturated carbocycles. The van der Waals surface area contributed by atoms with E-state index in [0.29, 0.717) is 22.9 Å². The van der Waals surface area contributed by atoms with Gasteiger partial charge in [0.15, 0.2) is 0 Å². The van der Waals surface area contributed by atoms with E-state index < -0.39 is 0 Å². The topological polar surface area (TPSA) is 76.5 Å². The van der Waals surface area contributed by atoms with Gasteiger partial charge in [-0.3, -0.25) is 9.59 Å². The molecule has 0 saturated heterocycles. The molecule has 8 heteroatoms. The Bertz CT molecular complexity index is 1320. The highest BCUT2D eigenvalue weighted by molar-refractivity contribution is 6.30. The van der Waals surface area contributed by atoms with Crippen molar-refractivity contribution in [3.63, 3.8) is 0 Å². The van der Waals surface area contributed by atoms with Crippen LogP contribution in [0.1, 0.15) is 15.9 Å². The first-order valence-electron chi connectivity index (χ1n) is 11.0. The quantitative estimate of drug-likeness (QED) is 0.393. The summed E-state index contributed by atoms with van der Waals surface area (Å²) in [5, 5.41) is 8.09. The number of para-hydroxylation sites is 2. The summed E-state index contributed by atoms with van der Waals surface area (Å²) in [5.41, 5.74) is 3.79. The average molecular weight is 489 g/mol. The smallest absolute Gasteiger partial charge is 0.255 e. The van der Waals surface area contributed by atoms with Gasteiger partial charge >= 0.3 is 0 Å². The zero-order chi connectivity index (χ0) is 24.8. The summed E-state index contributed by atoms with van der Waals surface area (Å²) in [6.45, 7) is 0.171. The number of amides is 2. The highest BCUT2D eigenvalue weighted by Crippen LogP contribution is 2.26. The summed E-state index contributed by atoms with van der Waals surface area (Å²) in [5.74, 6) is -0.155. The standard InChI is InChI=1S/C27H25ClN4O3/c1-31(25(33)16-29-27(34)23-10-6-7-11-24(23)35-2)17-20-18-32(22-8-4-3-5-9-22)30-26(20)19-12-14-21(28)15-13-19/h3-15,18H,16-17H2,1-2H3,(H,29,34). The van der Waals surface area contributed by atoms with Gasteiger partial charge in [-0.15, -0.1) is 0 Å². The van der Waals surface area contributed by atoms with Gasteiger partial charge in [0.25, 0.3) is 5.91 Å². The number of nitrogens with zero attached hydrogens (tertiary/aromatic N) is 3. The molecule has 0 fully saturated rings. The lowest BCUT2D eigenvalue weighted by molar-refractivity contribution is -0.129. The zero-order valence-electron chi connectivity index (χ0n) is 19.4. The van der Waals surface area contributed by atoms with Crippen LogP contribution in [0.15, 0.2) is 85.1 Å². The summed E-state index contributed by atoms with van der Waals surface area (Å²) in [7, 11) is 3.20. The summed E-state index contributed by atoms with van der Waals surface area (Å²) in [6, 6.07) is 24.1. The van der Waals surface area contributed by atoms with Gasteiger partial charge < -0.3 is 15.0 Å². The summed E-state index contributed by atoms with van der Waals surface area (Å²) in [6.07, 6.45) is 1.91. The molecule has 1 N–H and O–H groups in total. The van der Waals surface area contributed by atoms with Gasteiger partial charge in [0.2, 0.25) is 5.91 Å². The SMILES string of the molecule is COc1ccccc1C(=O)NCC(=O)N(C)Cc1cn(-c2ccccc2)nc1-c1ccc(Cl)cc1. The van der Waals surface area contributed by atoms with Crippen LogP contribution in [-0.2, 0) is 11.3 Å². The van der Waals surface area contributed by atoms with Gasteiger partial charge in [0.05, 0.1) is 30.6 Å². The summed E-state index contributed by atoms with van der Waals surface area (Å²) >= 11 is 6.07. The third-order valence-corrected chi connectivity index (χ3v) is 5.77. The van der Waals surface area contributed by atoms with Crippen molar-refractivity contribution in [2.45, 2.75) is 6.54 Å². The van der Waals surface area contributed by atoms with Crippen molar-refractivity contribution in [1.29, 1.82) is 0 Å². The van der Waals surface area contributed by atoms with Gasteiger partial charge in [0.1, 0.15) is 5.75 Å². The Hall–Kier alpha value is -4.10. The summed E-state index contributed by atoms with van der Waals surface area (Å²) < 4.78 is 7.02. The average Bonchev–Trinajstić information content (AvgIpc) is 3.31. The van der Waals surface area contributed by atoms with Crippen LogP contribution in [0.25, 0.3) is 16.9 Å². The van der Waals surface area contributed by atoms with E-state index in [2.05, 4.69) is 5.32 Å². The lowest BCUT2D eigenvalue weighted by Crippen LogP contribution is -2.38. The predicted octanol–water partition coefficient (Wildman–Crippen LogP) is 4.59. The fourth-order valence-electron chi connectivity index (χ4n) is 3.65. The van der Waals surface area contributed by atoms with Crippen molar-refractivity contribution in [2.75, 3.05) is 20.7 Å². The molecule has 0 spiro atoms. The highest BCUT2D eigenvalue weighted by atomic mass is 35.5. The van der Waals surface area contributed by atoms with Crippen LogP contribution in [0.4, 0.5) is 0 Å². The molecular weight excluding hydrogens is 464 g/mol. The molecule has 178 valence electrons. The molecule has 0 atom stereocenters. The molecule has 0 unspecified atom stereocenters. The van der Waals surface area contributed by atoms with Crippen LogP contribution in [0.3, 0.4) is 0 Å². The van der Waals surface area contributed by atoms with Crippen molar-refractivity contribution >= 4 is 23.4 Å². The normalized spacial score (nSPS) is 10.6. The van der Waals surface area contributed by atoms with Crippen LogP contribution in [-0.4, -0.2) is 47.2 Å². The number of methoxy groups -OCH3 is 1. The zero-order valence-corrected chi connectivity index (χ0v) is 20.2. The summed E-state index contributed by atoms with van der Waals surface area (Å²) in [4.78, 5) is 27.0. The number of carbonyl (C=O) groups excluding carboxylic acids is 2. The molecule has 0 aliphatic carbocycles. The lowest BCUT2D eigenvalue weighted by Gasteiger charge is -2.18. The number of halogens is 1. The van der Waals surface area contributed by atoms with Crippen LogP contribution >= 0.6 is 11.6 Å². The maximum absolute atomic E-state index is 12.8. The second-order valence-electron chi connectivity index (χ2n) is 7.92. The maximum atomic E-state index is 12.8. The van der Waals surface area contributed by atoms with Crippen LogP contribution in [0.2, 0.25) is 5.02 Å². The van der Waals surface area contributed by atoms with Gasteiger partial charge in [-0.2, -0.15) is 5.10 Å². The van der Waals surface area contributed by atoms with Crippen LogP contribution < -0.4 is 10.1 Å². The van der Waals surface area contributed by atoms with E-state index in [0.717, 1.165) is 22.5 Å². The molecule has 7 nitrogen and oxygen atoms in total. The first kappa shape index (κ1) is 24.0. The number of rotatable bonds is 8. The number of carbonyl (C=O) groups is 2. The Kier molecular flexibility index (Phi) is 7.48. The third kappa shape index (κ3) is 5.70. The van der Waals surface area contributed by atoms with E-state index >= 15 is 0 Å². The molecule has 4 rings (SSSR count). The maximum Gasteiger partial charge on any atom is 0.255 e. The lowest BCUT2D eigenvalue weighted by atomic mass is 10.1. The molecule has 3 aromatic carbocycles. The number of likely N-dealkylation sites (N-methyl/N-ethyl adjacent to an activating group) is 1. The molecule has 0 aliphatic rings. The number of hydrogen-bond acceptors (Lipinski definition) is 4. The van der Waals surface area contributed by atoms with Crippen LogP contribution in [0, 0.1) is 0 Å². The molecule has 2 amide bonds. The van der Waals surface area contributed by atoms with Crippen molar-refractivity contribution in [2.24, 2.45) is 0 Å². The Labute approximate surface area is 208 Å². The highest BCUT2D eigenvalue weighted by Gasteiger charge is 2.18. The largest absolute Gasteiger partial charge is 0.496 e. The number of aromatic nitrogens is 2. The molecular formula is C27H25ClN4O3. The van der Waals surface area contributed by atoms with Gasteiger partial charge in [-0.25, -0.2) is 4.68 Å². The minimum atomic E-state index is -0.372. The molecule has 0 bridgehead atoms. The van der Waals surface area contributed by atoms with Crippen molar-refractivity contribution in [1.82, 2.24) is 20.0 Å². The molecule has 35 heavy (non-hydrogen) atoms. The van der Waals surface area contributed by atoms with Crippen molar-refractivity contribution in [3.05, 3.63) is 101 Å². The number of hydrogen-bond donors (Lipinski definition) is 1. The number of ether oxygens (including phenoxy) is 1. The Morgan fingerprint density at radius 2 is 1.69 bits per heavy atom. The minimum absolute atomic E-state index is 0.142. The van der Waals surface area contributed by atoms with E-state index in [1.165, 1.54) is 7.11 Å². The van der Waals surface area contributed by atoms with E-state index in [1.807, 2.05) is 60.8 Å². The monoisotopic (exact) mass is 488 g/mol. The fraction of sp³-hybridized carbons (Fsp3) is 0.148. The van der Waals surface area contributed by atoms with Gasteiger partial charge in [-0.1, -0.05) is 54.1 Å². The van der Waals surface area contributed by atoms with E-state index in [1.54, 1.807) is 40.9 Å². The second-order valence-corrected chi connectivity index (χ2v) is 8.36. The Morgan fingerprint density at radius 3 is 2.40 bits per heavy atom. The Balaban J connectivity index is 1.51. The van der Waals surface area contributed by atoms with Gasteiger partial charge in [0, 0.05) is 35.9 Å². The molecule has 1 heterocycles. The molecule has 0 aliphatic heterocycles. The fourth-order valence-corrected chi connectivity index (χ4v) is 3.78. The molecule has 1 aromatic heterocycles. The van der Waals surface area contributed by atoms with E-state index in [4.69, 9.17) is 21.4 Å². The predicted molar refractivity (Wildman–Crippen MR) is 136 cm³/mol. The molecule has 0 radical (unpaired) electrons. The first-order chi connectivity index (χ1) is 17.0. The molecule has 4 aromatic rings. The first-order valence-corrected chi connectivity index (χ1v) is 11.4. The minimum Gasteiger partial charge on any atom is -0.496 e. The Morgan fingerprint density at radius 1 is 1.00 bits per heavy atom. The van der Waals surface area contributed by atoms with Gasteiger partial charge in [-0.05, 0) is 36.4 Å². The van der Waals surface area contributed by atoms with E-state index in [9.17, 15) is 9.59 Å². The third-order valence-electron chi connectivity index (χ3n) is 5.51. The second kappa shape index (κ2) is 10.9. The number of benzene rings is 3. The van der Waals surface area contributed by atoms with Crippen molar-refractivity contribution in [3.8, 4) is 22.7 Å². The van der Waals surface area contributed by atoms with E-state index in [-0.39, 0.29) is 18.4 Å². The number of nitrogens with one attached hydrogen (secondary N) is 1. The van der Waals surface area contributed by atoms with Crippen LogP contribution in [0.5, 0.6) is 5.75 Å².